The van der Waals surface area contributed by atoms with Gasteiger partial charge < -0.3 is 10.2 Å². The van der Waals surface area contributed by atoms with Crippen molar-refractivity contribution >= 4 is 11.8 Å². The first-order chi connectivity index (χ1) is 8.15. The average molecular weight is 249 g/mol. The summed E-state index contributed by atoms with van der Waals surface area (Å²) in [6.07, 6.45) is 0. The number of hydrogen-bond donors (Lipinski definition) is 1. The fourth-order valence-electron chi connectivity index (χ4n) is 1.41. The van der Waals surface area contributed by atoms with Crippen LogP contribution in [0, 0.1) is 6.92 Å². The minimum Gasteiger partial charge on any atom is -0.414 e. The van der Waals surface area contributed by atoms with Crippen molar-refractivity contribution in [2.45, 2.75) is 30.9 Å². The van der Waals surface area contributed by atoms with E-state index in [1.165, 1.54) is 22.9 Å². The minimum atomic E-state index is -0.212. The van der Waals surface area contributed by atoms with Crippen LogP contribution in [0.4, 0.5) is 0 Å². The first-order valence-electron chi connectivity index (χ1n) is 5.42. The van der Waals surface area contributed by atoms with Gasteiger partial charge in [0.25, 0.3) is 5.22 Å². The summed E-state index contributed by atoms with van der Waals surface area (Å²) < 4.78 is 5.41. The van der Waals surface area contributed by atoms with E-state index < -0.39 is 0 Å². The van der Waals surface area contributed by atoms with E-state index in [1.807, 2.05) is 13.0 Å². The van der Waals surface area contributed by atoms with Crippen LogP contribution in [0.5, 0.6) is 0 Å². The Hall–Kier alpha value is -1.33. The number of nitrogens with two attached hydrogens (primary N) is 1. The molecule has 4 nitrogen and oxygen atoms in total. The van der Waals surface area contributed by atoms with Crippen LogP contribution < -0.4 is 5.73 Å². The van der Waals surface area contributed by atoms with Crippen LogP contribution in [0.15, 0.2) is 33.9 Å². The Morgan fingerprint density at radius 2 is 2.24 bits per heavy atom. The summed E-state index contributed by atoms with van der Waals surface area (Å²) in [6, 6.07) is 8.15. The van der Waals surface area contributed by atoms with Gasteiger partial charge in [-0.15, -0.1) is 10.2 Å². The van der Waals surface area contributed by atoms with E-state index in [-0.39, 0.29) is 6.04 Å². The smallest absolute Gasteiger partial charge is 0.276 e. The standard InChI is InChI=1S/C12H15N3OS/c1-8-4-3-5-10(6-8)7-17-12-15-14-11(16-12)9(2)13/h3-6,9H,7,13H2,1-2H3. The maximum atomic E-state index is 5.65. The number of rotatable bonds is 4. The molecule has 0 saturated heterocycles. The molecule has 0 fully saturated rings. The number of hydrogen-bond acceptors (Lipinski definition) is 5. The third-order valence-corrected chi connectivity index (χ3v) is 3.15. The maximum Gasteiger partial charge on any atom is 0.276 e. The largest absolute Gasteiger partial charge is 0.414 e. The van der Waals surface area contributed by atoms with Crippen LogP contribution in [0.2, 0.25) is 0 Å². The average Bonchev–Trinajstić information content (AvgIpc) is 2.75. The second-order valence-corrected chi connectivity index (χ2v) is 4.90. The van der Waals surface area contributed by atoms with Gasteiger partial charge in [0.05, 0.1) is 6.04 Å². The van der Waals surface area contributed by atoms with Crippen LogP contribution in [-0.4, -0.2) is 10.2 Å². The first-order valence-corrected chi connectivity index (χ1v) is 6.41. The normalized spacial score (nSPS) is 12.6. The molecule has 2 aromatic rings. The summed E-state index contributed by atoms with van der Waals surface area (Å²) in [6.45, 7) is 3.90. The Morgan fingerprint density at radius 1 is 1.41 bits per heavy atom. The van der Waals surface area contributed by atoms with Crippen molar-refractivity contribution < 1.29 is 4.42 Å². The third-order valence-electron chi connectivity index (χ3n) is 2.26. The summed E-state index contributed by atoms with van der Waals surface area (Å²) in [7, 11) is 0. The van der Waals surface area contributed by atoms with Gasteiger partial charge in [0.15, 0.2) is 0 Å². The zero-order chi connectivity index (χ0) is 12.3. The summed E-state index contributed by atoms with van der Waals surface area (Å²) in [4.78, 5) is 0. The molecule has 17 heavy (non-hydrogen) atoms. The molecule has 1 aromatic heterocycles. The summed E-state index contributed by atoms with van der Waals surface area (Å²) >= 11 is 1.52. The molecular formula is C12H15N3OS. The van der Waals surface area contributed by atoms with Gasteiger partial charge in [0.1, 0.15) is 0 Å². The van der Waals surface area contributed by atoms with Crippen LogP contribution in [-0.2, 0) is 5.75 Å². The van der Waals surface area contributed by atoms with Crippen LogP contribution in [0.1, 0.15) is 30.0 Å². The number of nitrogens with zero attached hydrogens (tertiary/aromatic N) is 2. The summed E-state index contributed by atoms with van der Waals surface area (Å²) in [5, 5.41) is 8.39. The summed E-state index contributed by atoms with van der Waals surface area (Å²) in [5.74, 6) is 1.30. The lowest BCUT2D eigenvalue weighted by atomic mass is 10.2. The second-order valence-electron chi connectivity index (χ2n) is 3.97. The highest BCUT2D eigenvalue weighted by atomic mass is 32.2. The number of benzene rings is 1. The molecule has 1 unspecified atom stereocenters. The van der Waals surface area contributed by atoms with Gasteiger partial charge in [-0.05, 0) is 19.4 Å². The highest BCUT2D eigenvalue weighted by Crippen LogP contribution is 2.22. The lowest BCUT2D eigenvalue weighted by Crippen LogP contribution is -2.04. The number of thioether (sulfide) groups is 1. The van der Waals surface area contributed by atoms with Gasteiger partial charge in [-0.3, -0.25) is 0 Å². The van der Waals surface area contributed by atoms with Gasteiger partial charge >= 0.3 is 0 Å². The van der Waals surface area contributed by atoms with E-state index in [1.54, 1.807) is 0 Å². The van der Waals surface area contributed by atoms with Crippen molar-refractivity contribution in [1.82, 2.24) is 10.2 Å². The zero-order valence-electron chi connectivity index (χ0n) is 9.88. The van der Waals surface area contributed by atoms with E-state index in [0.29, 0.717) is 11.1 Å². The molecule has 0 amide bonds. The van der Waals surface area contributed by atoms with Crippen molar-refractivity contribution in [2.75, 3.05) is 0 Å². The fraction of sp³-hybridized carbons (Fsp3) is 0.333. The predicted molar refractivity (Wildman–Crippen MR) is 67.6 cm³/mol. The Kier molecular flexibility index (Phi) is 3.81. The lowest BCUT2D eigenvalue weighted by molar-refractivity contribution is 0.394. The molecule has 2 rings (SSSR count). The quantitative estimate of drug-likeness (QED) is 0.844. The first kappa shape index (κ1) is 12.1. The lowest BCUT2D eigenvalue weighted by Gasteiger charge is -1.99. The molecule has 0 spiro atoms. The van der Waals surface area contributed by atoms with Crippen LogP contribution in [0.25, 0.3) is 0 Å². The Bertz CT molecular complexity index is 496. The molecule has 0 radical (unpaired) electrons. The molecule has 0 saturated carbocycles. The summed E-state index contributed by atoms with van der Waals surface area (Å²) in [5.41, 5.74) is 8.15. The van der Waals surface area contributed by atoms with E-state index >= 15 is 0 Å². The van der Waals surface area contributed by atoms with Gasteiger partial charge in [0, 0.05) is 5.75 Å². The molecule has 1 aromatic carbocycles. The van der Waals surface area contributed by atoms with Crippen molar-refractivity contribution in [2.24, 2.45) is 5.73 Å². The molecule has 0 bridgehead atoms. The van der Waals surface area contributed by atoms with Crippen molar-refractivity contribution in [3.63, 3.8) is 0 Å². The molecule has 5 heteroatoms. The van der Waals surface area contributed by atoms with Crippen molar-refractivity contribution in [1.29, 1.82) is 0 Å². The highest BCUT2D eigenvalue weighted by molar-refractivity contribution is 7.98. The molecular weight excluding hydrogens is 234 g/mol. The maximum absolute atomic E-state index is 5.65. The predicted octanol–water partition coefficient (Wildman–Crippen LogP) is 2.69. The highest BCUT2D eigenvalue weighted by Gasteiger charge is 2.10. The van der Waals surface area contributed by atoms with Gasteiger partial charge in [-0.2, -0.15) is 0 Å². The zero-order valence-corrected chi connectivity index (χ0v) is 10.7. The number of aromatic nitrogens is 2. The topological polar surface area (TPSA) is 64.9 Å². The van der Waals surface area contributed by atoms with Gasteiger partial charge in [-0.25, -0.2) is 0 Å². The van der Waals surface area contributed by atoms with E-state index in [9.17, 15) is 0 Å². The molecule has 0 aliphatic carbocycles. The monoisotopic (exact) mass is 249 g/mol. The van der Waals surface area contributed by atoms with Gasteiger partial charge in [0.2, 0.25) is 5.89 Å². The number of aryl methyl sites for hydroxylation is 1. The SMILES string of the molecule is Cc1cccc(CSc2nnc(C(C)N)o2)c1. The molecule has 0 aliphatic rings. The molecule has 1 heterocycles. The Balaban J connectivity index is 1.97. The van der Waals surface area contributed by atoms with Gasteiger partial charge in [-0.1, -0.05) is 41.6 Å². The minimum absolute atomic E-state index is 0.212. The van der Waals surface area contributed by atoms with E-state index in [2.05, 4.69) is 35.3 Å². The second kappa shape index (κ2) is 5.33. The third kappa shape index (κ3) is 3.31. The van der Waals surface area contributed by atoms with Crippen molar-refractivity contribution in [3.05, 3.63) is 41.3 Å². The van der Waals surface area contributed by atoms with E-state index in [4.69, 9.17) is 10.2 Å². The Morgan fingerprint density at radius 3 is 2.88 bits per heavy atom. The van der Waals surface area contributed by atoms with Crippen LogP contribution in [0.3, 0.4) is 0 Å². The fourth-order valence-corrected chi connectivity index (χ4v) is 2.12. The molecule has 2 N–H and O–H groups in total. The molecule has 90 valence electrons. The molecule has 0 aliphatic heterocycles. The molecule has 1 atom stereocenters. The van der Waals surface area contributed by atoms with E-state index in [0.717, 1.165) is 5.75 Å². The van der Waals surface area contributed by atoms with Crippen molar-refractivity contribution in [3.8, 4) is 0 Å². The van der Waals surface area contributed by atoms with Crippen LogP contribution >= 0.6 is 11.8 Å². The Labute approximate surface area is 105 Å².